The summed E-state index contributed by atoms with van der Waals surface area (Å²) in [5.74, 6) is -1.41. The van der Waals surface area contributed by atoms with Gasteiger partial charge in [0.2, 0.25) is 0 Å². The standard InChI is InChI=1S/C19H18O4/c20-18(21)16-7-3-4-8-17(16)19(22)23-12-13-9-10-14-5-1-2-6-15(14)11-13/h1-8,13H,9-12H2,(H,20,21). The number of carbonyl (C=O) groups is 2. The number of carbonyl (C=O) groups excluding carboxylic acids is 1. The zero-order chi connectivity index (χ0) is 16.2. The quantitative estimate of drug-likeness (QED) is 0.880. The Labute approximate surface area is 134 Å². The second kappa shape index (κ2) is 6.65. The smallest absolute Gasteiger partial charge is 0.339 e. The highest BCUT2D eigenvalue weighted by Gasteiger charge is 2.22. The number of aryl methyl sites for hydroxylation is 1. The van der Waals surface area contributed by atoms with Gasteiger partial charge in [-0.2, -0.15) is 0 Å². The highest BCUT2D eigenvalue weighted by atomic mass is 16.5. The van der Waals surface area contributed by atoms with E-state index in [9.17, 15) is 9.59 Å². The van der Waals surface area contributed by atoms with Crippen molar-refractivity contribution in [3.05, 3.63) is 70.8 Å². The topological polar surface area (TPSA) is 63.6 Å². The number of fused-ring (bicyclic) bond motifs is 1. The summed E-state index contributed by atoms with van der Waals surface area (Å²) < 4.78 is 5.37. The number of aromatic carboxylic acids is 1. The number of carboxylic acids is 1. The summed E-state index contributed by atoms with van der Waals surface area (Å²) in [6.07, 6.45) is 2.86. The minimum absolute atomic E-state index is 0.0218. The van der Waals surface area contributed by atoms with Gasteiger partial charge in [-0.25, -0.2) is 9.59 Å². The van der Waals surface area contributed by atoms with Crippen molar-refractivity contribution in [1.82, 2.24) is 0 Å². The van der Waals surface area contributed by atoms with Crippen LogP contribution in [0.4, 0.5) is 0 Å². The third-order valence-corrected chi connectivity index (χ3v) is 4.28. The van der Waals surface area contributed by atoms with Gasteiger partial charge in [0, 0.05) is 0 Å². The van der Waals surface area contributed by atoms with Crippen LogP contribution in [0.1, 0.15) is 38.3 Å². The molecule has 0 spiro atoms. The summed E-state index contributed by atoms with van der Waals surface area (Å²) in [5.41, 5.74) is 2.76. The minimum Gasteiger partial charge on any atom is -0.478 e. The molecule has 2 aromatic rings. The van der Waals surface area contributed by atoms with Gasteiger partial charge >= 0.3 is 11.9 Å². The summed E-state index contributed by atoms with van der Waals surface area (Å²) in [7, 11) is 0. The second-order valence-corrected chi connectivity index (χ2v) is 5.83. The van der Waals surface area contributed by atoms with E-state index in [1.165, 1.54) is 23.3 Å². The maximum absolute atomic E-state index is 12.2. The summed E-state index contributed by atoms with van der Waals surface area (Å²) in [4.78, 5) is 23.3. The summed E-state index contributed by atoms with van der Waals surface area (Å²) >= 11 is 0. The van der Waals surface area contributed by atoms with Crippen LogP contribution < -0.4 is 0 Å². The first-order chi connectivity index (χ1) is 11.1. The van der Waals surface area contributed by atoms with Crippen LogP contribution in [0.2, 0.25) is 0 Å². The van der Waals surface area contributed by atoms with Gasteiger partial charge in [0.1, 0.15) is 0 Å². The third kappa shape index (κ3) is 3.42. The number of carboxylic acid groups (broad SMARTS) is 1. The molecule has 1 unspecified atom stereocenters. The fraction of sp³-hybridized carbons (Fsp3) is 0.263. The van der Waals surface area contributed by atoms with Crippen LogP contribution in [0.3, 0.4) is 0 Å². The normalized spacial score (nSPS) is 16.4. The first kappa shape index (κ1) is 15.3. The molecular formula is C19H18O4. The summed E-state index contributed by atoms with van der Waals surface area (Å²) in [6, 6.07) is 14.5. The SMILES string of the molecule is O=C(O)c1ccccc1C(=O)OCC1CCc2ccccc2C1. The van der Waals surface area contributed by atoms with Crippen molar-refractivity contribution in [2.45, 2.75) is 19.3 Å². The monoisotopic (exact) mass is 310 g/mol. The first-order valence-electron chi connectivity index (χ1n) is 7.71. The molecule has 118 valence electrons. The van der Waals surface area contributed by atoms with E-state index in [1.54, 1.807) is 12.1 Å². The second-order valence-electron chi connectivity index (χ2n) is 5.83. The van der Waals surface area contributed by atoms with E-state index in [0.717, 1.165) is 19.3 Å². The number of hydrogen-bond acceptors (Lipinski definition) is 3. The van der Waals surface area contributed by atoms with Crippen molar-refractivity contribution < 1.29 is 19.4 Å². The van der Waals surface area contributed by atoms with Crippen molar-refractivity contribution in [1.29, 1.82) is 0 Å². The lowest BCUT2D eigenvalue weighted by Gasteiger charge is -2.24. The molecule has 0 bridgehead atoms. The van der Waals surface area contributed by atoms with Gasteiger partial charge in [0.05, 0.1) is 17.7 Å². The Morgan fingerprint density at radius 1 is 1.00 bits per heavy atom. The van der Waals surface area contributed by atoms with E-state index in [4.69, 9.17) is 9.84 Å². The van der Waals surface area contributed by atoms with Crippen LogP contribution in [-0.4, -0.2) is 23.7 Å². The van der Waals surface area contributed by atoms with E-state index in [2.05, 4.69) is 12.1 Å². The van der Waals surface area contributed by atoms with Crippen molar-refractivity contribution in [2.24, 2.45) is 5.92 Å². The fourth-order valence-corrected chi connectivity index (χ4v) is 3.03. The molecule has 1 aliphatic rings. The molecule has 0 aromatic heterocycles. The molecule has 4 nitrogen and oxygen atoms in total. The maximum Gasteiger partial charge on any atom is 0.339 e. The molecular weight excluding hydrogens is 292 g/mol. The number of benzene rings is 2. The Balaban J connectivity index is 1.63. The molecule has 0 saturated heterocycles. The van der Waals surface area contributed by atoms with Gasteiger partial charge in [-0.1, -0.05) is 36.4 Å². The average Bonchev–Trinajstić information content (AvgIpc) is 2.59. The third-order valence-electron chi connectivity index (χ3n) is 4.28. The molecule has 1 atom stereocenters. The van der Waals surface area contributed by atoms with Crippen molar-refractivity contribution in [3.8, 4) is 0 Å². The van der Waals surface area contributed by atoms with E-state index in [0.29, 0.717) is 6.61 Å². The van der Waals surface area contributed by atoms with Gasteiger partial charge < -0.3 is 9.84 Å². The minimum atomic E-state index is -1.12. The van der Waals surface area contributed by atoms with Crippen molar-refractivity contribution >= 4 is 11.9 Å². The van der Waals surface area contributed by atoms with Gasteiger partial charge in [0.25, 0.3) is 0 Å². The summed E-state index contributed by atoms with van der Waals surface area (Å²) in [6.45, 7) is 0.321. The van der Waals surface area contributed by atoms with Crippen LogP contribution in [0.5, 0.6) is 0 Å². The number of hydrogen-bond donors (Lipinski definition) is 1. The lowest BCUT2D eigenvalue weighted by Crippen LogP contribution is -2.22. The van der Waals surface area contributed by atoms with Crippen LogP contribution in [0, 0.1) is 5.92 Å². The van der Waals surface area contributed by atoms with Crippen LogP contribution in [0.15, 0.2) is 48.5 Å². The van der Waals surface area contributed by atoms with Crippen LogP contribution in [-0.2, 0) is 17.6 Å². The van der Waals surface area contributed by atoms with Crippen molar-refractivity contribution in [3.63, 3.8) is 0 Å². The molecule has 3 rings (SSSR count). The predicted molar refractivity (Wildman–Crippen MR) is 85.6 cm³/mol. The summed E-state index contributed by atoms with van der Waals surface area (Å²) in [5, 5.41) is 9.13. The van der Waals surface area contributed by atoms with E-state index in [1.807, 2.05) is 12.1 Å². The molecule has 1 N–H and O–H groups in total. The lowest BCUT2D eigenvalue weighted by atomic mass is 9.84. The highest BCUT2D eigenvalue weighted by molar-refractivity contribution is 6.02. The molecule has 0 radical (unpaired) electrons. The fourth-order valence-electron chi connectivity index (χ4n) is 3.03. The Hall–Kier alpha value is -2.62. The van der Waals surface area contributed by atoms with Gasteiger partial charge in [-0.05, 0) is 48.4 Å². The maximum atomic E-state index is 12.2. The van der Waals surface area contributed by atoms with E-state index in [-0.39, 0.29) is 17.0 Å². The molecule has 0 amide bonds. The van der Waals surface area contributed by atoms with Gasteiger partial charge in [-0.15, -0.1) is 0 Å². The molecule has 0 heterocycles. The number of esters is 1. The van der Waals surface area contributed by atoms with Crippen LogP contribution in [0.25, 0.3) is 0 Å². The molecule has 23 heavy (non-hydrogen) atoms. The Bertz CT molecular complexity index is 736. The zero-order valence-corrected chi connectivity index (χ0v) is 12.7. The zero-order valence-electron chi connectivity index (χ0n) is 12.7. The van der Waals surface area contributed by atoms with Crippen LogP contribution >= 0.6 is 0 Å². The molecule has 2 aromatic carbocycles. The van der Waals surface area contributed by atoms with Crippen molar-refractivity contribution in [2.75, 3.05) is 6.61 Å². The predicted octanol–water partition coefficient (Wildman–Crippen LogP) is 3.35. The highest BCUT2D eigenvalue weighted by Crippen LogP contribution is 2.25. The van der Waals surface area contributed by atoms with E-state index < -0.39 is 11.9 Å². The first-order valence-corrected chi connectivity index (χ1v) is 7.71. The Morgan fingerprint density at radius 3 is 2.39 bits per heavy atom. The molecule has 0 saturated carbocycles. The Morgan fingerprint density at radius 2 is 1.65 bits per heavy atom. The number of rotatable bonds is 4. The molecule has 1 aliphatic carbocycles. The lowest BCUT2D eigenvalue weighted by molar-refractivity contribution is 0.0421. The molecule has 0 fully saturated rings. The Kier molecular flexibility index (Phi) is 4.42. The molecule has 0 aliphatic heterocycles. The molecule has 4 heteroatoms. The number of ether oxygens (including phenoxy) is 1. The largest absolute Gasteiger partial charge is 0.478 e. The van der Waals surface area contributed by atoms with Gasteiger partial charge in [-0.3, -0.25) is 0 Å². The average molecular weight is 310 g/mol. The van der Waals surface area contributed by atoms with Gasteiger partial charge in [0.15, 0.2) is 0 Å². The van der Waals surface area contributed by atoms with E-state index >= 15 is 0 Å².